The van der Waals surface area contributed by atoms with E-state index in [0.29, 0.717) is 15.9 Å². The first-order valence-electron chi connectivity index (χ1n) is 5.01. The van der Waals surface area contributed by atoms with E-state index in [2.05, 4.69) is 10.2 Å². The Morgan fingerprint density at radius 3 is 2.24 bits per heavy atom. The molecule has 1 heterocycles. The highest BCUT2D eigenvalue weighted by Crippen LogP contribution is 2.24. The number of halogens is 2. The Morgan fingerprint density at radius 1 is 1.06 bits per heavy atom. The lowest BCUT2D eigenvalue weighted by atomic mass is 10.0. The first kappa shape index (κ1) is 11.9. The van der Waals surface area contributed by atoms with E-state index in [4.69, 9.17) is 12.2 Å². The van der Waals surface area contributed by atoms with Crippen molar-refractivity contribution in [2.75, 3.05) is 0 Å². The summed E-state index contributed by atoms with van der Waals surface area (Å²) in [6.45, 7) is 3.67. The number of nitrogens with one attached hydrogen (secondary N) is 1. The van der Waals surface area contributed by atoms with Crippen LogP contribution in [-0.2, 0) is 0 Å². The molecule has 1 aromatic carbocycles. The highest BCUT2D eigenvalue weighted by molar-refractivity contribution is 7.71. The molecule has 17 heavy (non-hydrogen) atoms. The van der Waals surface area contributed by atoms with Crippen molar-refractivity contribution in [2.45, 2.75) is 13.8 Å². The number of benzene rings is 1. The minimum absolute atomic E-state index is 0.398. The van der Waals surface area contributed by atoms with Crippen LogP contribution in [0.1, 0.15) is 11.1 Å². The normalized spacial score (nSPS) is 10.6. The summed E-state index contributed by atoms with van der Waals surface area (Å²) in [6, 6.07) is 3.32. The predicted octanol–water partition coefficient (Wildman–Crippen LogP) is 3.70. The second kappa shape index (κ2) is 4.33. The van der Waals surface area contributed by atoms with Crippen LogP contribution in [-0.4, -0.2) is 10.2 Å². The van der Waals surface area contributed by atoms with Crippen molar-refractivity contribution in [3.63, 3.8) is 0 Å². The third kappa shape index (κ3) is 2.24. The van der Waals surface area contributed by atoms with Crippen molar-refractivity contribution in [3.05, 3.63) is 45.6 Å². The quantitative estimate of drug-likeness (QED) is 0.784. The summed E-state index contributed by atoms with van der Waals surface area (Å²) in [5, 5.41) is 6.69. The molecule has 0 saturated carbocycles. The fourth-order valence-electron chi connectivity index (χ4n) is 1.59. The number of hydrogen-bond donors (Lipinski definition) is 1. The highest BCUT2D eigenvalue weighted by atomic mass is 32.1. The largest absolute Gasteiger partial charge is 0.267 e. The Balaban J connectivity index is 2.69. The SMILES string of the molecule is Cc1c(-c2cc(F)cc(F)c2)n[nH]c(=S)c1C. The van der Waals surface area contributed by atoms with Gasteiger partial charge in [-0.25, -0.2) is 8.78 Å². The summed E-state index contributed by atoms with van der Waals surface area (Å²) in [5.41, 5.74) is 2.58. The lowest BCUT2D eigenvalue weighted by molar-refractivity contribution is 0.584. The van der Waals surface area contributed by atoms with Crippen LogP contribution in [0.5, 0.6) is 0 Å². The maximum atomic E-state index is 13.1. The number of aromatic nitrogens is 2. The van der Waals surface area contributed by atoms with Crippen molar-refractivity contribution in [2.24, 2.45) is 0 Å². The molecule has 0 unspecified atom stereocenters. The van der Waals surface area contributed by atoms with E-state index in [1.165, 1.54) is 12.1 Å². The van der Waals surface area contributed by atoms with Crippen molar-refractivity contribution in [1.29, 1.82) is 0 Å². The molecule has 0 radical (unpaired) electrons. The minimum atomic E-state index is -0.624. The Bertz CT molecular complexity index is 615. The Kier molecular flexibility index (Phi) is 3.02. The van der Waals surface area contributed by atoms with Gasteiger partial charge >= 0.3 is 0 Å². The first-order valence-corrected chi connectivity index (χ1v) is 5.42. The molecule has 2 rings (SSSR count). The van der Waals surface area contributed by atoms with Gasteiger partial charge in [0, 0.05) is 11.6 Å². The van der Waals surface area contributed by atoms with Gasteiger partial charge in [0.2, 0.25) is 0 Å². The summed E-state index contributed by atoms with van der Waals surface area (Å²) >= 11 is 5.04. The lowest BCUT2D eigenvalue weighted by Crippen LogP contribution is -1.97. The van der Waals surface area contributed by atoms with Gasteiger partial charge in [-0.05, 0) is 37.1 Å². The molecule has 1 aromatic heterocycles. The van der Waals surface area contributed by atoms with E-state index in [-0.39, 0.29) is 0 Å². The zero-order valence-corrected chi connectivity index (χ0v) is 10.2. The van der Waals surface area contributed by atoms with Crippen LogP contribution in [0.25, 0.3) is 11.3 Å². The van der Waals surface area contributed by atoms with Crippen molar-refractivity contribution in [3.8, 4) is 11.3 Å². The van der Waals surface area contributed by atoms with E-state index >= 15 is 0 Å². The van der Waals surface area contributed by atoms with Crippen LogP contribution in [0.2, 0.25) is 0 Å². The van der Waals surface area contributed by atoms with Crippen LogP contribution in [0.4, 0.5) is 8.78 Å². The van der Waals surface area contributed by atoms with Gasteiger partial charge < -0.3 is 0 Å². The van der Waals surface area contributed by atoms with Gasteiger partial charge in [0.15, 0.2) is 0 Å². The van der Waals surface area contributed by atoms with Crippen molar-refractivity contribution < 1.29 is 8.78 Å². The van der Waals surface area contributed by atoms with Gasteiger partial charge in [0.25, 0.3) is 0 Å². The Labute approximate surface area is 102 Å². The van der Waals surface area contributed by atoms with Crippen LogP contribution in [0.15, 0.2) is 18.2 Å². The topological polar surface area (TPSA) is 28.7 Å². The fourth-order valence-corrected chi connectivity index (χ4v) is 1.79. The molecule has 2 nitrogen and oxygen atoms in total. The standard InChI is InChI=1S/C12H10F2N2S/c1-6-7(2)12(17)16-15-11(6)8-3-9(13)5-10(14)4-8/h3-5H,1-2H3,(H,16,17). The molecule has 0 spiro atoms. The van der Waals surface area contributed by atoms with E-state index in [9.17, 15) is 8.78 Å². The fraction of sp³-hybridized carbons (Fsp3) is 0.167. The van der Waals surface area contributed by atoms with Crippen molar-refractivity contribution in [1.82, 2.24) is 10.2 Å². The molecule has 2 aromatic rings. The van der Waals surface area contributed by atoms with Gasteiger partial charge in [0.1, 0.15) is 16.3 Å². The number of nitrogens with zero attached hydrogens (tertiary/aromatic N) is 1. The van der Waals surface area contributed by atoms with Crippen molar-refractivity contribution >= 4 is 12.2 Å². The van der Waals surface area contributed by atoms with Crippen LogP contribution >= 0.6 is 12.2 Å². The molecule has 0 bridgehead atoms. The van der Waals surface area contributed by atoms with Crippen LogP contribution in [0.3, 0.4) is 0 Å². The maximum Gasteiger partial charge on any atom is 0.126 e. The molecular weight excluding hydrogens is 242 g/mol. The summed E-state index contributed by atoms with van der Waals surface area (Å²) in [5.74, 6) is -1.25. The molecule has 0 aliphatic carbocycles. The van der Waals surface area contributed by atoms with Gasteiger partial charge in [-0.2, -0.15) is 5.10 Å². The minimum Gasteiger partial charge on any atom is -0.267 e. The summed E-state index contributed by atoms with van der Waals surface area (Å²) < 4.78 is 26.8. The molecule has 0 saturated heterocycles. The Morgan fingerprint density at radius 2 is 1.65 bits per heavy atom. The average molecular weight is 252 g/mol. The molecule has 0 aliphatic heterocycles. The van der Waals surface area contributed by atoms with E-state index < -0.39 is 11.6 Å². The van der Waals surface area contributed by atoms with Gasteiger partial charge in [-0.15, -0.1) is 0 Å². The summed E-state index contributed by atoms with van der Waals surface area (Å²) in [4.78, 5) is 0. The molecule has 5 heteroatoms. The number of hydrogen-bond acceptors (Lipinski definition) is 2. The maximum absolute atomic E-state index is 13.1. The molecule has 0 atom stereocenters. The van der Waals surface area contributed by atoms with E-state index in [0.717, 1.165) is 17.2 Å². The van der Waals surface area contributed by atoms with Crippen LogP contribution < -0.4 is 0 Å². The second-order valence-corrected chi connectivity index (χ2v) is 4.22. The number of rotatable bonds is 1. The molecule has 1 N–H and O–H groups in total. The highest BCUT2D eigenvalue weighted by Gasteiger charge is 2.09. The predicted molar refractivity (Wildman–Crippen MR) is 64.2 cm³/mol. The van der Waals surface area contributed by atoms with Crippen LogP contribution in [0, 0.1) is 30.1 Å². The number of H-pyrrole nitrogens is 1. The molecule has 0 aliphatic rings. The number of aromatic amines is 1. The van der Waals surface area contributed by atoms with Gasteiger partial charge in [0.05, 0.1) is 5.69 Å². The molecule has 0 amide bonds. The zero-order chi connectivity index (χ0) is 12.6. The third-order valence-corrected chi connectivity index (χ3v) is 3.06. The average Bonchev–Trinajstić information content (AvgIpc) is 2.24. The summed E-state index contributed by atoms with van der Waals surface area (Å²) in [6.07, 6.45) is 0. The zero-order valence-electron chi connectivity index (χ0n) is 9.34. The Hall–Kier alpha value is -1.62. The smallest absolute Gasteiger partial charge is 0.126 e. The first-order chi connectivity index (χ1) is 7.99. The monoisotopic (exact) mass is 252 g/mol. The summed E-state index contributed by atoms with van der Waals surface area (Å²) in [7, 11) is 0. The van der Waals surface area contributed by atoms with Gasteiger partial charge in [-0.1, -0.05) is 12.2 Å². The molecule has 0 fully saturated rings. The van der Waals surface area contributed by atoms with E-state index in [1.54, 1.807) is 0 Å². The third-order valence-electron chi connectivity index (χ3n) is 2.66. The second-order valence-electron chi connectivity index (χ2n) is 3.81. The molecule has 88 valence electrons. The molecular formula is C12H10F2N2S. The van der Waals surface area contributed by atoms with Gasteiger partial charge in [-0.3, -0.25) is 5.10 Å². The lowest BCUT2D eigenvalue weighted by Gasteiger charge is -2.07. The van der Waals surface area contributed by atoms with E-state index in [1.807, 2.05) is 13.8 Å².